The Kier molecular flexibility index (Phi) is 3.17. The number of nitrogens with one attached hydrogen (secondary N) is 2. The van der Waals surface area contributed by atoms with Crippen molar-refractivity contribution in [2.75, 3.05) is 12.4 Å². The van der Waals surface area contributed by atoms with Crippen molar-refractivity contribution in [3.63, 3.8) is 0 Å². The molecule has 19 heavy (non-hydrogen) atoms. The van der Waals surface area contributed by atoms with Crippen molar-refractivity contribution in [1.82, 2.24) is 5.32 Å². The Balaban J connectivity index is 1.77. The molecule has 0 radical (unpaired) electrons. The highest BCUT2D eigenvalue weighted by Crippen LogP contribution is 2.28. The molecule has 4 nitrogen and oxygen atoms in total. The number of aliphatic imine (C=N–C) groups is 1. The van der Waals surface area contributed by atoms with E-state index in [9.17, 15) is 0 Å². The van der Waals surface area contributed by atoms with Crippen LogP contribution < -0.4 is 15.4 Å². The van der Waals surface area contributed by atoms with Gasteiger partial charge >= 0.3 is 0 Å². The molecule has 5 heteroatoms. The van der Waals surface area contributed by atoms with Crippen molar-refractivity contribution in [3.05, 3.63) is 47.8 Å². The maximum absolute atomic E-state index is 6.15. The third kappa shape index (κ3) is 2.31. The van der Waals surface area contributed by atoms with Gasteiger partial charge in [0.25, 0.3) is 0 Å². The molecule has 0 fully saturated rings. The predicted molar refractivity (Wildman–Crippen MR) is 77.8 cm³/mol. The van der Waals surface area contributed by atoms with E-state index < -0.39 is 0 Å². The molecule has 2 N–H and O–H groups in total. The number of hydrogen-bond acceptors (Lipinski definition) is 4. The summed E-state index contributed by atoms with van der Waals surface area (Å²) in [5.74, 6) is 0.841. The summed E-state index contributed by atoms with van der Waals surface area (Å²) in [4.78, 5) is 4.37. The lowest BCUT2D eigenvalue weighted by Crippen LogP contribution is -2.27. The average molecular weight is 276 g/mol. The van der Waals surface area contributed by atoms with E-state index in [1.165, 1.54) is 0 Å². The van der Waals surface area contributed by atoms with Crippen molar-refractivity contribution < 1.29 is 4.74 Å². The predicted octanol–water partition coefficient (Wildman–Crippen LogP) is 2.50. The zero-order valence-corrected chi connectivity index (χ0v) is 11.2. The third-order valence-electron chi connectivity index (χ3n) is 3.15. The van der Waals surface area contributed by atoms with Crippen molar-refractivity contribution >= 4 is 23.5 Å². The van der Waals surface area contributed by atoms with Gasteiger partial charge in [-0.3, -0.25) is 4.99 Å². The van der Waals surface area contributed by atoms with Crippen LogP contribution in [0.25, 0.3) is 0 Å². The van der Waals surface area contributed by atoms with Gasteiger partial charge in [-0.15, -0.1) is 0 Å². The fraction of sp³-hybridized carbons (Fsp3) is 0.214. The largest absolute Gasteiger partial charge is 0.497 e. The van der Waals surface area contributed by atoms with Gasteiger partial charge in [-0.1, -0.05) is 11.6 Å². The van der Waals surface area contributed by atoms with Crippen molar-refractivity contribution in [3.8, 4) is 5.75 Å². The zero-order valence-electron chi connectivity index (χ0n) is 10.4. The minimum atomic E-state index is -0.251. The molecule has 0 saturated carbocycles. The van der Waals surface area contributed by atoms with Gasteiger partial charge < -0.3 is 15.4 Å². The van der Waals surface area contributed by atoms with Crippen LogP contribution in [0.3, 0.4) is 0 Å². The smallest absolute Gasteiger partial charge is 0.144 e. The summed E-state index contributed by atoms with van der Waals surface area (Å²) in [5, 5.41) is 6.43. The van der Waals surface area contributed by atoms with E-state index in [0.717, 1.165) is 22.7 Å². The molecule has 1 aromatic carbocycles. The highest BCUT2D eigenvalue weighted by atomic mass is 35.5. The molecule has 0 bridgehead atoms. The van der Waals surface area contributed by atoms with E-state index in [1.807, 2.05) is 42.8 Å². The molecule has 0 spiro atoms. The van der Waals surface area contributed by atoms with Crippen molar-refractivity contribution in [1.29, 1.82) is 0 Å². The number of anilines is 1. The number of rotatable bonds is 3. The van der Waals surface area contributed by atoms with E-state index in [4.69, 9.17) is 16.3 Å². The van der Waals surface area contributed by atoms with E-state index in [1.54, 1.807) is 7.11 Å². The van der Waals surface area contributed by atoms with Gasteiger partial charge in [0.15, 0.2) is 0 Å². The number of halogens is 1. The highest BCUT2D eigenvalue weighted by molar-refractivity contribution is 6.22. The number of dihydropyridines is 1. The maximum atomic E-state index is 6.15. The topological polar surface area (TPSA) is 45.6 Å². The molecular weight excluding hydrogens is 262 g/mol. The van der Waals surface area contributed by atoms with Crippen LogP contribution in [0.2, 0.25) is 0 Å². The normalized spacial score (nSPS) is 24.1. The third-order valence-corrected chi connectivity index (χ3v) is 3.48. The van der Waals surface area contributed by atoms with Crippen LogP contribution in [-0.2, 0) is 0 Å². The molecule has 2 aliphatic heterocycles. The summed E-state index contributed by atoms with van der Waals surface area (Å²) in [5.41, 5.74) is 2.76. The Bertz CT molecular complexity index is 563. The minimum absolute atomic E-state index is 0.0583. The second kappa shape index (κ2) is 4.97. The molecule has 0 saturated heterocycles. The average Bonchev–Trinajstić information content (AvgIpc) is 2.84. The first-order chi connectivity index (χ1) is 9.28. The quantitative estimate of drug-likeness (QED) is 0.658. The summed E-state index contributed by atoms with van der Waals surface area (Å²) in [7, 11) is 1.66. The Morgan fingerprint density at radius 2 is 2.11 bits per heavy atom. The van der Waals surface area contributed by atoms with E-state index in [2.05, 4.69) is 15.6 Å². The molecular formula is C14H14ClN3O. The summed E-state index contributed by atoms with van der Waals surface area (Å²) >= 11 is 6.15. The summed E-state index contributed by atoms with van der Waals surface area (Å²) in [6, 6.07) is 7.86. The lowest BCUT2D eigenvalue weighted by atomic mass is 10.1. The molecule has 0 aromatic heterocycles. The second-order valence-corrected chi connectivity index (χ2v) is 4.77. The molecule has 3 rings (SSSR count). The van der Waals surface area contributed by atoms with Gasteiger partial charge in [-0.2, -0.15) is 0 Å². The van der Waals surface area contributed by atoms with E-state index in [-0.39, 0.29) is 11.5 Å². The Labute approximate surface area is 116 Å². The SMILES string of the molecule is COc1ccc(NC2C=NC3=C2C=CNC3Cl)cc1. The van der Waals surface area contributed by atoms with Gasteiger partial charge in [-0.25, -0.2) is 0 Å². The fourth-order valence-corrected chi connectivity index (χ4v) is 2.41. The van der Waals surface area contributed by atoms with Gasteiger partial charge in [0.2, 0.25) is 0 Å². The first kappa shape index (κ1) is 12.1. The maximum Gasteiger partial charge on any atom is 0.144 e. The lowest BCUT2D eigenvalue weighted by molar-refractivity contribution is 0.415. The number of benzene rings is 1. The Morgan fingerprint density at radius 1 is 1.32 bits per heavy atom. The summed E-state index contributed by atoms with van der Waals surface area (Å²) in [6.07, 6.45) is 5.73. The van der Waals surface area contributed by atoms with Gasteiger partial charge in [0.05, 0.1) is 18.8 Å². The minimum Gasteiger partial charge on any atom is -0.497 e. The van der Waals surface area contributed by atoms with Crippen molar-refractivity contribution in [2.24, 2.45) is 4.99 Å². The van der Waals surface area contributed by atoms with Crippen LogP contribution in [0, 0.1) is 0 Å². The Morgan fingerprint density at radius 3 is 2.84 bits per heavy atom. The van der Waals surface area contributed by atoms with Gasteiger partial charge in [0, 0.05) is 17.5 Å². The lowest BCUT2D eigenvalue weighted by Gasteiger charge is -2.19. The number of hydrogen-bond donors (Lipinski definition) is 2. The first-order valence-electron chi connectivity index (χ1n) is 6.03. The van der Waals surface area contributed by atoms with Crippen LogP contribution >= 0.6 is 11.6 Å². The van der Waals surface area contributed by atoms with Crippen LogP contribution in [0.5, 0.6) is 5.75 Å². The van der Waals surface area contributed by atoms with Crippen molar-refractivity contribution in [2.45, 2.75) is 11.5 Å². The number of nitrogens with zero attached hydrogens (tertiary/aromatic N) is 1. The van der Waals surface area contributed by atoms with Gasteiger partial charge in [0.1, 0.15) is 11.3 Å². The molecule has 1 aromatic rings. The van der Waals surface area contributed by atoms with Crippen LogP contribution in [0.4, 0.5) is 5.69 Å². The number of alkyl halides is 1. The number of methoxy groups -OCH3 is 1. The molecule has 0 aliphatic carbocycles. The highest BCUT2D eigenvalue weighted by Gasteiger charge is 2.26. The summed E-state index contributed by atoms with van der Waals surface area (Å²) < 4.78 is 5.14. The monoisotopic (exact) mass is 275 g/mol. The second-order valence-electron chi connectivity index (χ2n) is 4.33. The van der Waals surface area contributed by atoms with Crippen LogP contribution in [-0.4, -0.2) is 24.9 Å². The zero-order chi connectivity index (χ0) is 13.2. The van der Waals surface area contributed by atoms with Crippen LogP contribution in [0.1, 0.15) is 0 Å². The molecule has 2 heterocycles. The fourth-order valence-electron chi connectivity index (χ4n) is 2.15. The molecule has 2 unspecified atom stereocenters. The molecule has 2 atom stereocenters. The molecule has 98 valence electrons. The number of ether oxygens (including phenoxy) is 1. The Hall–Kier alpha value is -1.94. The standard InChI is InChI=1S/C14H14ClN3O/c1-19-10-4-2-9(3-5-10)18-12-8-17-13-11(12)6-7-16-14(13)15/h2-8,12,14,16,18H,1H3. The van der Waals surface area contributed by atoms with E-state index >= 15 is 0 Å². The molecule has 2 aliphatic rings. The summed E-state index contributed by atoms with van der Waals surface area (Å²) in [6.45, 7) is 0. The first-order valence-corrected chi connectivity index (χ1v) is 6.47. The van der Waals surface area contributed by atoms with Gasteiger partial charge in [-0.05, 0) is 36.5 Å². The van der Waals surface area contributed by atoms with Crippen LogP contribution in [0.15, 0.2) is 52.8 Å². The molecule has 0 amide bonds. The van der Waals surface area contributed by atoms with E-state index in [0.29, 0.717) is 0 Å².